The Kier molecular flexibility index (Phi) is 5.49. The molecule has 0 saturated heterocycles. The standard InChI is InChI=1S/C11H15NO4/c1-9(11(13)14)12-16-8-15-7-10-5-3-2-4-6-10/h2-6,9,12H,7-8H2,1H3,(H,13,14). The van der Waals surface area contributed by atoms with Crippen molar-refractivity contribution in [3.8, 4) is 0 Å². The van der Waals surface area contributed by atoms with Gasteiger partial charge in [0.25, 0.3) is 0 Å². The molecule has 0 fully saturated rings. The summed E-state index contributed by atoms with van der Waals surface area (Å²) in [7, 11) is 0. The summed E-state index contributed by atoms with van der Waals surface area (Å²) >= 11 is 0. The van der Waals surface area contributed by atoms with Crippen LogP contribution < -0.4 is 5.48 Å². The Hall–Kier alpha value is -1.43. The molecular formula is C11H15NO4. The maximum atomic E-state index is 10.4. The first kappa shape index (κ1) is 12.6. The summed E-state index contributed by atoms with van der Waals surface area (Å²) in [6.45, 7) is 1.93. The quantitative estimate of drug-likeness (QED) is 0.414. The van der Waals surface area contributed by atoms with Crippen LogP contribution in [0.15, 0.2) is 30.3 Å². The molecule has 1 atom stereocenters. The van der Waals surface area contributed by atoms with E-state index in [9.17, 15) is 4.79 Å². The van der Waals surface area contributed by atoms with Crippen molar-refractivity contribution in [1.82, 2.24) is 5.48 Å². The van der Waals surface area contributed by atoms with E-state index in [1.165, 1.54) is 6.92 Å². The van der Waals surface area contributed by atoms with Gasteiger partial charge < -0.3 is 9.84 Å². The maximum Gasteiger partial charge on any atom is 0.322 e. The highest BCUT2D eigenvalue weighted by Gasteiger charge is 2.09. The van der Waals surface area contributed by atoms with Gasteiger partial charge in [0.05, 0.1) is 6.61 Å². The molecule has 0 aliphatic rings. The molecule has 5 nitrogen and oxygen atoms in total. The van der Waals surface area contributed by atoms with Crippen molar-refractivity contribution >= 4 is 5.97 Å². The molecule has 0 bridgehead atoms. The number of hydrogen-bond acceptors (Lipinski definition) is 4. The summed E-state index contributed by atoms with van der Waals surface area (Å²) in [4.78, 5) is 15.2. The van der Waals surface area contributed by atoms with Crippen LogP contribution >= 0.6 is 0 Å². The Bertz CT molecular complexity index is 315. The fraction of sp³-hybridized carbons (Fsp3) is 0.364. The average Bonchev–Trinajstić information content (AvgIpc) is 2.29. The first-order valence-corrected chi connectivity index (χ1v) is 4.92. The van der Waals surface area contributed by atoms with Gasteiger partial charge in [0.15, 0.2) is 6.79 Å². The topological polar surface area (TPSA) is 67.8 Å². The first-order chi connectivity index (χ1) is 7.70. The average molecular weight is 225 g/mol. The highest BCUT2D eigenvalue weighted by Crippen LogP contribution is 1.99. The number of benzene rings is 1. The highest BCUT2D eigenvalue weighted by atomic mass is 16.8. The zero-order valence-electron chi connectivity index (χ0n) is 9.05. The Morgan fingerprint density at radius 3 is 2.75 bits per heavy atom. The Balaban J connectivity index is 2.07. The molecule has 0 aliphatic carbocycles. The maximum absolute atomic E-state index is 10.4. The molecule has 1 unspecified atom stereocenters. The van der Waals surface area contributed by atoms with Gasteiger partial charge in [-0.1, -0.05) is 30.3 Å². The largest absolute Gasteiger partial charge is 0.480 e. The Morgan fingerprint density at radius 1 is 1.44 bits per heavy atom. The molecule has 16 heavy (non-hydrogen) atoms. The van der Waals surface area contributed by atoms with Crippen LogP contribution in [-0.4, -0.2) is 23.9 Å². The SMILES string of the molecule is CC(NOCOCc1ccccc1)C(=O)O. The van der Waals surface area contributed by atoms with Gasteiger partial charge in [0, 0.05) is 0 Å². The number of nitrogens with one attached hydrogen (secondary N) is 1. The summed E-state index contributed by atoms with van der Waals surface area (Å²) in [5, 5.41) is 8.53. The molecule has 5 heteroatoms. The van der Waals surface area contributed by atoms with Crippen molar-refractivity contribution in [2.75, 3.05) is 6.79 Å². The second-order valence-electron chi connectivity index (χ2n) is 3.27. The van der Waals surface area contributed by atoms with E-state index in [4.69, 9.17) is 14.7 Å². The van der Waals surface area contributed by atoms with Gasteiger partial charge in [-0.3, -0.25) is 9.63 Å². The van der Waals surface area contributed by atoms with Gasteiger partial charge >= 0.3 is 5.97 Å². The van der Waals surface area contributed by atoms with Crippen LogP contribution in [0.2, 0.25) is 0 Å². The van der Waals surface area contributed by atoms with E-state index in [2.05, 4.69) is 5.48 Å². The van der Waals surface area contributed by atoms with E-state index in [1.54, 1.807) is 0 Å². The molecular weight excluding hydrogens is 210 g/mol. The third-order valence-corrected chi connectivity index (χ3v) is 1.88. The van der Waals surface area contributed by atoms with E-state index >= 15 is 0 Å². The zero-order chi connectivity index (χ0) is 11.8. The number of hydrogen-bond donors (Lipinski definition) is 2. The lowest BCUT2D eigenvalue weighted by atomic mass is 10.2. The van der Waals surface area contributed by atoms with Crippen molar-refractivity contribution in [2.24, 2.45) is 0 Å². The van der Waals surface area contributed by atoms with Crippen molar-refractivity contribution in [3.63, 3.8) is 0 Å². The summed E-state index contributed by atoms with van der Waals surface area (Å²) in [6, 6.07) is 8.89. The molecule has 1 aromatic carbocycles. The van der Waals surface area contributed by atoms with Crippen molar-refractivity contribution < 1.29 is 19.5 Å². The minimum atomic E-state index is -0.969. The summed E-state index contributed by atoms with van der Waals surface area (Å²) < 4.78 is 5.17. The van der Waals surface area contributed by atoms with Crippen LogP contribution in [0.4, 0.5) is 0 Å². The molecule has 0 spiro atoms. The number of aliphatic carboxylic acids is 1. The normalized spacial score (nSPS) is 12.3. The van der Waals surface area contributed by atoms with E-state index in [-0.39, 0.29) is 6.79 Å². The predicted octanol–water partition coefficient (Wildman–Crippen LogP) is 1.16. The molecule has 88 valence electrons. The van der Waals surface area contributed by atoms with E-state index in [0.717, 1.165) is 5.56 Å². The monoisotopic (exact) mass is 225 g/mol. The lowest BCUT2D eigenvalue weighted by Gasteiger charge is -2.09. The molecule has 2 N–H and O–H groups in total. The van der Waals surface area contributed by atoms with Gasteiger partial charge in [-0.25, -0.2) is 0 Å². The smallest absolute Gasteiger partial charge is 0.322 e. The predicted molar refractivity (Wildman–Crippen MR) is 57.4 cm³/mol. The summed E-state index contributed by atoms with van der Waals surface area (Å²) in [5.74, 6) is -0.969. The van der Waals surface area contributed by atoms with E-state index in [0.29, 0.717) is 6.61 Å². The van der Waals surface area contributed by atoms with Crippen LogP contribution in [-0.2, 0) is 21.0 Å². The minimum Gasteiger partial charge on any atom is -0.480 e. The van der Waals surface area contributed by atoms with Gasteiger partial charge in [-0.2, -0.15) is 5.48 Å². The van der Waals surface area contributed by atoms with Crippen LogP contribution in [0, 0.1) is 0 Å². The lowest BCUT2D eigenvalue weighted by Crippen LogP contribution is -2.34. The lowest BCUT2D eigenvalue weighted by molar-refractivity contribution is -0.151. The first-order valence-electron chi connectivity index (χ1n) is 4.92. The van der Waals surface area contributed by atoms with Gasteiger partial charge in [-0.15, -0.1) is 0 Å². The van der Waals surface area contributed by atoms with Crippen LogP contribution in [0.1, 0.15) is 12.5 Å². The number of ether oxygens (including phenoxy) is 1. The number of carboxylic acid groups (broad SMARTS) is 1. The van der Waals surface area contributed by atoms with Crippen LogP contribution in [0.5, 0.6) is 0 Å². The number of hydroxylamine groups is 1. The van der Waals surface area contributed by atoms with E-state index < -0.39 is 12.0 Å². The minimum absolute atomic E-state index is 0.00646. The molecule has 0 aliphatic heterocycles. The third-order valence-electron chi connectivity index (χ3n) is 1.88. The molecule has 1 rings (SSSR count). The highest BCUT2D eigenvalue weighted by molar-refractivity contribution is 5.72. The summed E-state index contributed by atoms with van der Waals surface area (Å²) in [5.41, 5.74) is 3.38. The van der Waals surface area contributed by atoms with Crippen molar-refractivity contribution in [3.05, 3.63) is 35.9 Å². The van der Waals surface area contributed by atoms with E-state index in [1.807, 2.05) is 30.3 Å². The molecule has 0 aromatic heterocycles. The molecule has 0 heterocycles. The number of rotatable bonds is 7. The van der Waals surface area contributed by atoms with Gasteiger partial charge in [0.2, 0.25) is 0 Å². The molecule has 1 aromatic rings. The van der Waals surface area contributed by atoms with Gasteiger partial charge in [0.1, 0.15) is 6.04 Å². The molecule has 0 amide bonds. The van der Waals surface area contributed by atoms with Crippen molar-refractivity contribution in [2.45, 2.75) is 19.6 Å². The Labute approximate surface area is 93.9 Å². The molecule has 0 radical (unpaired) electrons. The number of carboxylic acids is 1. The molecule has 0 saturated carbocycles. The fourth-order valence-corrected chi connectivity index (χ4v) is 0.985. The third kappa shape index (κ3) is 4.88. The second kappa shape index (κ2) is 6.95. The van der Waals surface area contributed by atoms with Gasteiger partial charge in [-0.05, 0) is 12.5 Å². The second-order valence-corrected chi connectivity index (χ2v) is 3.27. The van der Waals surface area contributed by atoms with Crippen LogP contribution in [0.25, 0.3) is 0 Å². The number of carbonyl (C=O) groups is 1. The summed E-state index contributed by atoms with van der Waals surface area (Å²) in [6.07, 6.45) is 0. The Morgan fingerprint density at radius 2 is 2.12 bits per heavy atom. The zero-order valence-corrected chi connectivity index (χ0v) is 9.05. The fourth-order valence-electron chi connectivity index (χ4n) is 0.985. The van der Waals surface area contributed by atoms with Crippen LogP contribution in [0.3, 0.4) is 0 Å². The van der Waals surface area contributed by atoms with Crippen molar-refractivity contribution in [1.29, 1.82) is 0 Å².